The maximum absolute atomic E-state index is 4.43. The number of hydrogen-bond acceptors (Lipinski definition) is 1. The first-order valence-electron chi connectivity index (χ1n) is 5.19. The summed E-state index contributed by atoms with van der Waals surface area (Å²) in [4.78, 5) is 4.43. The molecule has 12 heavy (non-hydrogen) atoms. The van der Waals surface area contributed by atoms with Gasteiger partial charge in [-0.2, -0.15) is 0 Å². The van der Waals surface area contributed by atoms with Gasteiger partial charge >= 0.3 is 0 Å². The van der Waals surface area contributed by atoms with Gasteiger partial charge in [0.1, 0.15) is 0 Å². The molecule has 69 valence electrons. The van der Waals surface area contributed by atoms with Gasteiger partial charge in [0.25, 0.3) is 0 Å². The van der Waals surface area contributed by atoms with Gasteiger partial charge in [-0.1, -0.05) is 26.2 Å². The molecule has 0 saturated heterocycles. The molecule has 0 amide bonds. The van der Waals surface area contributed by atoms with E-state index in [9.17, 15) is 0 Å². The summed E-state index contributed by atoms with van der Waals surface area (Å²) in [5.74, 6) is 0.895. The zero-order chi connectivity index (χ0) is 8.65. The number of unbranched alkanes of at least 4 members (excludes halogenated alkanes) is 1. The minimum atomic E-state index is 0.895. The first-order valence-corrected chi connectivity index (χ1v) is 5.19. The van der Waals surface area contributed by atoms with Crippen LogP contribution in [0.1, 0.15) is 45.4 Å². The molecule has 0 N–H and O–H groups in total. The molecule has 1 radical (unpaired) electrons. The van der Waals surface area contributed by atoms with Crippen LogP contribution in [0.15, 0.2) is 4.99 Å². The monoisotopic (exact) mass is 166 g/mol. The molecule has 1 heteroatoms. The van der Waals surface area contributed by atoms with Gasteiger partial charge in [-0.15, -0.1) is 0 Å². The van der Waals surface area contributed by atoms with Crippen LogP contribution in [0, 0.1) is 12.3 Å². The largest absolute Gasteiger partial charge is 0.297 e. The minimum absolute atomic E-state index is 0.895. The lowest BCUT2D eigenvalue weighted by Crippen LogP contribution is -2.09. The average molecular weight is 166 g/mol. The van der Waals surface area contributed by atoms with Gasteiger partial charge in [0.2, 0.25) is 0 Å². The SMILES string of the molecule is C[CH]CC=NCC1CCCCC1. The molecule has 1 aliphatic rings. The summed E-state index contributed by atoms with van der Waals surface area (Å²) in [5, 5.41) is 0. The Morgan fingerprint density at radius 2 is 2.00 bits per heavy atom. The zero-order valence-electron chi connectivity index (χ0n) is 8.13. The number of nitrogens with zero attached hydrogens (tertiary/aromatic N) is 1. The maximum Gasteiger partial charge on any atom is 0.0413 e. The van der Waals surface area contributed by atoms with Gasteiger partial charge in [0.05, 0.1) is 0 Å². The second-order valence-electron chi connectivity index (χ2n) is 3.70. The summed E-state index contributed by atoms with van der Waals surface area (Å²) in [6.07, 6.45) is 12.4. The Morgan fingerprint density at radius 3 is 2.67 bits per heavy atom. The van der Waals surface area contributed by atoms with Crippen LogP contribution in [-0.2, 0) is 0 Å². The number of hydrogen-bond donors (Lipinski definition) is 0. The fourth-order valence-corrected chi connectivity index (χ4v) is 1.77. The molecule has 1 saturated carbocycles. The van der Waals surface area contributed by atoms with Crippen LogP contribution in [0.25, 0.3) is 0 Å². The van der Waals surface area contributed by atoms with E-state index in [2.05, 4.69) is 24.6 Å². The molecule has 0 aromatic rings. The van der Waals surface area contributed by atoms with Crippen LogP contribution < -0.4 is 0 Å². The van der Waals surface area contributed by atoms with Gasteiger partial charge in [-0.25, -0.2) is 0 Å². The number of aliphatic imine (C=N–C) groups is 1. The lowest BCUT2D eigenvalue weighted by molar-refractivity contribution is 0.367. The molecule has 0 aromatic heterocycles. The molecule has 0 bridgehead atoms. The van der Waals surface area contributed by atoms with E-state index in [0.29, 0.717) is 0 Å². The Bertz CT molecular complexity index is 123. The molecule has 0 unspecified atom stereocenters. The smallest absolute Gasteiger partial charge is 0.0413 e. The molecular formula is C11H20N. The normalized spacial score (nSPS) is 20.4. The highest BCUT2D eigenvalue weighted by atomic mass is 14.7. The van der Waals surface area contributed by atoms with Crippen molar-refractivity contribution in [3.63, 3.8) is 0 Å². The fraction of sp³-hybridized carbons (Fsp3) is 0.818. The van der Waals surface area contributed by atoms with Crippen molar-refractivity contribution in [2.75, 3.05) is 6.54 Å². The van der Waals surface area contributed by atoms with E-state index < -0.39 is 0 Å². The molecule has 0 atom stereocenters. The highest BCUT2D eigenvalue weighted by Gasteiger charge is 2.11. The van der Waals surface area contributed by atoms with E-state index in [1.807, 2.05) is 0 Å². The van der Waals surface area contributed by atoms with Crippen molar-refractivity contribution in [2.45, 2.75) is 45.4 Å². The van der Waals surface area contributed by atoms with E-state index >= 15 is 0 Å². The summed E-state index contributed by atoms with van der Waals surface area (Å²) in [5.41, 5.74) is 0. The van der Waals surface area contributed by atoms with E-state index in [1.165, 1.54) is 32.1 Å². The third kappa shape index (κ3) is 3.89. The van der Waals surface area contributed by atoms with Gasteiger partial charge in [0, 0.05) is 6.54 Å². The summed E-state index contributed by atoms with van der Waals surface area (Å²) in [7, 11) is 0. The lowest BCUT2D eigenvalue weighted by atomic mass is 9.89. The Labute approximate surface area is 76.3 Å². The van der Waals surface area contributed by atoms with Crippen LogP contribution in [0.5, 0.6) is 0 Å². The van der Waals surface area contributed by atoms with Crippen molar-refractivity contribution in [1.82, 2.24) is 0 Å². The van der Waals surface area contributed by atoms with Crippen molar-refractivity contribution in [2.24, 2.45) is 10.9 Å². The second-order valence-corrected chi connectivity index (χ2v) is 3.70. The van der Waals surface area contributed by atoms with Crippen LogP contribution in [0.3, 0.4) is 0 Å². The fourth-order valence-electron chi connectivity index (χ4n) is 1.77. The average Bonchev–Trinajstić information content (AvgIpc) is 2.14. The summed E-state index contributed by atoms with van der Waals surface area (Å²) < 4.78 is 0. The predicted molar refractivity (Wildman–Crippen MR) is 54.5 cm³/mol. The molecule has 1 rings (SSSR count). The maximum atomic E-state index is 4.43. The lowest BCUT2D eigenvalue weighted by Gasteiger charge is -2.19. The van der Waals surface area contributed by atoms with E-state index in [0.717, 1.165) is 18.9 Å². The van der Waals surface area contributed by atoms with Gasteiger partial charge in [0.15, 0.2) is 0 Å². The highest BCUT2D eigenvalue weighted by molar-refractivity contribution is 5.58. The van der Waals surface area contributed by atoms with Crippen molar-refractivity contribution in [3.05, 3.63) is 6.42 Å². The summed E-state index contributed by atoms with van der Waals surface area (Å²) in [6, 6.07) is 0. The third-order valence-corrected chi connectivity index (χ3v) is 2.56. The van der Waals surface area contributed by atoms with Crippen LogP contribution in [0.4, 0.5) is 0 Å². The van der Waals surface area contributed by atoms with E-state index in [4.69, 9.17) is 0 Å². The number of rotatable bonds is 4. The third-order valence-electron chi connectivity index (χ3n) is 2.56. The quantitative estimate of drug-likeness (QED) is 0.568. The highest BCUT2D eigenvalue weighted by Crippen LogP contribution is 2.23. The van der Waals surface area contributed by atoms with E-state index in [-0.39, 0.29) is 0 Å². The van der Waals surface area contributed by atoms with E-state index in [1.54, 1.807) is 0 Å². The molecule has 0 heterocycles. The molecule has 0 aromatic carbocycles. The van der Waals surface area contributed by atoms with Crippen molar-refractivity contribution < 1.29 is 0 Å². The van der Waals surface area contributed by atoms with Gasteiger partial charge in [-0.3, -0.25) is 4.99 Å². The zero-order valence-corrected chi connectivity index (χ0v) is 8.13. The molecule has 1 fully saturated rings. The standard InChI is InChI=1S/C11H20N/c1-2-3-9-12-10-11-7-5-4-6-8-11/h2,9,11H,3-8,10H2,1H3. The van der Waals surface area contributed by atoms with Crippen molar-refractivity contribution >= 4 is 6.21 Å². The molecule has 0 aliphatic heterocycles. The Morgan fingerprint density at radius 1 is 1.25 bits per heavy atom. The molecule has 1 aliphatic carbocycles. The Kier molecular flexibility index (Phi) is 5.05. The first-order chi connectivity index (χ1) is 5.93. The molecule has 0 spiro atoms. The predicted octanol–water partition coefficient (Wildman–Crippen LogP) is 3.25. The second kappa shape index (κ2) is 6.22. The minimum Gasteiger partial charge on any atom is -0.297 e. The summed E-state index contributed by atoms with van der Waals surface area (Å²) >= 11 is 0. The van der Waals surface area contributed by atoms with Gasteiger partial charge in [-0.05, 0) is 37.8 Å². The Hall–Kier alpha value is -0.330. The molecular weight excluding hydrogens is 146 g/mol. The van der Waals surface area contributed by atoms with Crippen LogP contribution in [0.2, 0.25) is 0 Å². The summed E-state index contributed by atoms with van der Waals surface area (Å²) in [6.45, 7) is 3.15. The topological polar surface area (TPSA) is 12.4 Å². The van der Waals surface area contributed by atoms with Crippen molar-refractivity contribution in [1.29, 1.82) is 0 Å². The van der Waals surface area contributed by atoms with Crippen LogP contribution >= 0.6 is 0 Å². The molecule has 1 nitrogen and oxygen atoms in total. The first kappa shape index (κ1) is 9.76. The van der Waals surface area contributed by atoms with Crippen LogP contribution in [-0.4, -0.2) is 12.8 Å². The van der Waals surface area contributed by atoms with Crippen molar-refractivity contribution in [3.8, 4) is 0 Å². The van der Waals surface area contributed by atoms with Gasteiger partial charge < -0.3 is 0 Å². The Balaban J connectivity index is 2.04.